The fraction of sp³-hybridized carbons (Fsp3) is 0.696. The molecule has 1 fully saturated rings. The maximum absolute atomic E-state index is 12.5. The number of piperidine rings is 1. The lowest BCUT2D eigenvalue weighted by molar-refractivity contribution is -0.136. The van der Waals surface area contributed by atoms with E-state index in [-0.39, 0.29) is 12.5 Å². The molecule has 0 radical (unpaired) electrons. The number of hydrogen-bond acceptors (Lipinski definition) is 4. The van der Waals surface area contributed by atoms with Crippen LogP contribution in [0.5, 0.6) is 0 Å². The summed E-state index contributed by atoms with van der Waals surface area (Å²) in [5, 5.41) is 0. The normalized spacial score (nSPS) is 18.6. The monoisotopic (exact) mass is 387 g/mol. The molecule has 1 saturated heterocycles. The van der Waals surface area contributed by atoms with Gasteiger partial charge in [0.25, 0.3) is 0 Å². The van der Waals surface area contributed by atoms with Crippen LogP contribution in [0, 0.1) is 5.92 Å². The van der Waals surface area contributed by atoms with Crippen molar-refractivity contribution < 1.29 is 9.53 Å². The van der Waals surface area contributed by atoms with E-state index in [1.165, 1.54) is 36.8 Å². The SMILES string of the molecule is COCC(=O)N(CCCN(C)C)CC1CCN(C2Cc3ccccc3C2)CC1. The third kappa shape index (κ3) is 5.79. The fourth-order valence-corrected chi connectivity index (χ4v) is 4.72. The summed E-state index contributed by atoms with van der Waals surface area (Å²) >= 11 is 0. The van der Waals surface area contributed by atoms with Gasteiger partial charge in [-0.3, -0.25) is 9.69 Å². The molecule has 1 aromatic carbocycles. The van der Waals surface area contributed by atoms with Crippen molar-refractivity contribution in [3.8, 4) is 0 Å². The summed E-state index contributed by atoms with van der Waals surface area (Å²) in [6, 6.07) is 9.57. The molecule has 0 saturated carbocycles. The number of carbonyl (C=O) groups is 1. The van der Waals surface area contributed by atoms with Gasteiger partial charge in [0, 0.05) is 26.2 Å². The van der Waals surface area contributed by atoms with Crippen LogP contribution in [-0.4, -0.2) is 87.2 Å². The molecule has 0 unspecified atom stereocenters. The van der Waals surface area contributed by atoms with Crippen LogP contribution in [0.15, 0.2) is 24.3 Å². The van der Waals surface area contributed by atoms with E-state index in [1.807, 2.05) is 4.90 Å². The van der Waals surface area contributed by atoms with Crippen molar-refractivity contribution in [1.82, 2.24) is 14.7 Å². The van der Waals surface area contributed by atoms with Crippen LogP contribution in [0.4, 0.5) is 0 Å². The second-order valence-corrected chi connectivity index (χ2v) is 8.74. The van der Waals surface area contributed by atoms with Crippen molar-refractivity contribution in [2.24, 2.45) is 5.92 Å². The molecule has 1 aliphatic heterocycles. The van der Waals surface area contributed by atoms with Gasteiger partial charge in [0.05, 0.1) is 0 Å². The largest absolute Gasteiger partial charge is 0.375 e. The molecule has 1 amide bonds. The van der Waals surface area contributed by atoms with Crippen molar-refractivity contribution >= 4 is 5.91 Å². The zero-order chi connectivity index (χ0) is 19.9. The van der Waals surface area contributed by atoms with Crippen LogP contribution in [0.25, 0.3) is 0 Å². The molecule has 2 aliphatic rings. The highest BCUT2D eigenvalue weighted by Gasteiger charge is 2.30. The highest BCUT2D eigenvalue weighted by molar-refractivity contribution is 5.77. The molecule has 5 nitrogen and oxygen atoms in total. The molecule has 1 heterocycles. The molecule has 1 aromatic rings. The van der Waals surface area contributed by atoms with Gasteiger partial charge in [0.15, 0.2) is 0 Å². The van der Waals surface area contributed by atoms with Gasteiger partial charge in [-0.1, -0.05) is 24.3 Å². The van der Waals surface area contributed by atoms with Gasteiger partial charge in [-0.2, -0.15) is 0 Å². The summed E-state index contributed by atoms with van der Waals surface area (Å²) in [7, 11) is 5.77. The highest BCUT2D eigenvalue weighted by atomic mass is 16.5. The van der Waals surface area contributed by atoms with Crippen LogP contribution in [0.1, 0.15) is 30.4 Å². The van der Waals surface area contributed by atoms with E-state index < -0.39 is 0 Å². The number of hydrogen-bond donors (Lipinski definition) is 0. The number of fused-ring (bicyclic) bond motifs is 1. The molecule has 0 aromatic heterocycles. The number of benzene rings is 1. The second kappa shape index (κ2) is 10.4. The lowest BCUT2D eigenvalue weighted by Crippen LogP contribution is -2.45. The van der Waals surface area contributed by atoms with Gasteiger partial charge in [0.2, 0.25) is 5.91 Å². The Morgan fingerprint density at radius 1 is 1.11 bits per heavy atom. The fourth-order valence-electron chi connectivity index (χ4n) is 4.72. The highest BCUT2D eigenvalue weighted by Crippen LogP contribution is 2.29. The Kier molecular flexibility index (Phi) is 7.89. The Bertz CT molecular complexity index is 601. The zero-order valence-electron chi connectivity index (χ0n) is 17.9. The van der Waals surface area contributed by atoms with Crippen molar-refractivity contribution in [1.29, 1.82) is 0 Å². The Balaban J connectivity index is 1.46. The van der Waals surface area contributed by atoms with Crippen molar-refractivity contribution in [3.63, 3.8) is 0 Å². The molecule has 156 valence electrons. The lowest BCUT2D eigenvalue weighted by atomic mass is 9.94. The first kappa shape index (κ1) is 21.3. The molecular formula is C23H37N3O2. The quantitative estimate of drug-likeness (QED) is 0.651. The molecule has 0 spiro atoms. The average molecular weight is 388 g/mol. The van der Waals surface area contributed by atoms with Gasteiger partial charge >= 0.3 is 0 Å². The maximum Gasteiger partial charge on any atom is 0.248 e. The minimum atomic E-state index is 0.134. The summed E-state index contributed by atoms with van der Waals surface area (Å²) in [4.78, 5) is 19.4. The van der Waals surface area contributed by atoms with Crippen molar-refractivity contribution in [2.75, 3.05) is 60.5 Å². The van der Waals surface area contributed by atoms with Gasteiger partial charge in [-0.15, -0.1) is 0 Å². The molecule has 5 heteroatoms. The summed E-state index contributed by atoms with van der Waals surface area (Å²) in [6.45, 7) is 5.24. The third-order valence-electron chi connectivity index (χ3n) is 6.33. The minimum absolute atomic E-state index is 0.134. The van der Waals surface area contributed by atoms with E-state index in [0.29, 0.717) is 12.0 Å². The smallest absolute Gasteiger partial charge is 0.248 e. The van der Waals surface area contributed by atoms with E-state index in [9.17, 15) is 4.79 Å². The summed E-state index contributed by atoms with van der Waals surface area (Å²) in [6.07, 6.45) is 5.80. The standard InChI is InChI=1S/C23H37N3O2/c1-24(2)11-6-12-26(23(27)18-28-3)17-19-9-13-25(14-10-19)22-15-20-7-4-5-8-21(20)16-22/h4-5,7-8,19,22H,6,9-18H2,1-3H3. The van der Waals surface area contributed by atoms with Gasteiger partial charge in [0.1, 0.15) is 6.61 Å². The minimum Gasteiger partial charge on any atom is -0.375 e. The summed E-state index contributed by atoms with van der Waals surface area (Å²) < 4.78 is 5.11. The van der Waals surface area contributed by atoms with E-state index >= 15 is 0 Å². The van der Waals surface area contributed by atoms with Gasteiger partial charge in [-0.25, -0.2) is 0 Å². The Morgan fingerprint density at radius 3 is 2.32 bits per heavy atom. The van der Waals surface area contributed by atoms with E-state index in [0.717, 1.165) is 39.1 Å². The number of amides is 1. The third-order valence-corrected chi connectivity index (χ3v) is 6.33. The first-order valence-corrected chi connectivity index (χ1v) is 10.8. The average Bonchev–Trinajstić information content (AvgIpc) is 3.12. The molecule has 0 bridgehead atoms. The summed E-state index contributed by atoms with van der Waals surface area (Å²) in [5.41, 5.74) is 3.07. The first-order valence-electron chi connectivity index (χ1n) is 10.8. The predicted molar refractivity (Wildman–Crippen MR) is 114 cm³/mol. The van der Waals surface area contributed by atoms with Crippen molar-refractivity contribution in [3.05, 3.63) is 35.4 Å². The topological polar surface area (TPSA) is 36.0 Å². The van der Waals surface area contributed by atoms with Crippen LogP contribution in [0.2, 0.25) is 0 Å². The maximum atomic E-state index is 12.5. The molecular weight excluding hydrogens is 350 g/mol. The molecule has 1 aliphatic carbocycles. The molecule has 0 N–H and O–H groups in total. The number of likely N-dealkylation sites (tertiary alicyclic amines) is 1. The van der Waals surface area contributed by atoms with Gasteiger partial charge in [-0.05, 0) is 82.9 Å². The van der Waals surface area contributed by atoms with E-state index in [2.05, 4.69) is 48.2 Å². The predicted octanol–water partition coefficient (Wildman–Crippen LogP) is 2.29. The van der Waals surface area contributed by atoms with Gasteiger partial charge < -0.3 is 14.5 Å². The number of rotatable bonds is 9. The van der Waals surface area contributed by atoms with Crippen LogP contribution in [0.3, 0.4) is 0 Å². The Hall–Kier alpha value is -1.43. The van der Waals surface area contributed by atoms with Crippen LogP contribution < -0.4 is 0 Å². The van der Waals surface area contributed by atoms with Crippen LogP contribution in [-0.2, 0) is 22.4 Å². The van der Waals surface area contributed by atoms with Crippen LogP contribution >= 0.6 is 0 Å². The number of ether oxygens (including phenoxy) is 1. The lowest BCUT2D eigenvalue weighted by Gasteiger charge is -2.38. The molecule has 28 heavy (non-hydrogen) atoms. The zero-order valence-corrected chi connectivity index (χ0v) is 17.9. The second-order valence-electron chi connectivity index (χ2n) is 8.74. The summed E-state index contributed by atoms with van der Waals surface area (Å²) in [5.74, 6) is 0.745. The van der Waals surface area contributed by atoms with E-state index in [4.69, 9.17) is 4.74 Å². The first-order chi connectivity index (χ1) is 13.6. The van der Waals surface area contributed by atoms with Crippen molar-refractivity contribution in [2.45, 2.75) is 38.1 Å². The molecule has 3 rings (SSSR count). The number of carbonyl (C=O) groups excluding carboxylic acids is 1. The number of nitrogens with zero attached hydrogens (tertiary/aromatic N) is 3. The number of methoxy groups -OCH3 is 1. The Labute approximate surface area is 170 Å². The Morgan fingerprint density at radius 2 is 1.75 bits per heavy atom. The molecule has 0 atom stereocenters. The van der Waals surface area contributed by atoms with E-state index in [1.54, 1.807) is 7.11 Å².